The van der Waals surface area contributed by atoms with Crippen molar-refractivity contribution in [3.8, 4) is 11.5 Å². The lowest BCUT2D eigenvalue weighted by Crippen LogP contribution is -2.39. The highest BCUT2D eigenvalue weighted by Gasteiger charge is 2.05. The van der Waals surface area contributed by atoms with Gasteiger partial charge in [-0.1, -0.05) is 6.07 Å². The molecular formula is C18H26N4O2. The Hall–Kier alpha value is -2.63. The molecular weight excluding hydrogens is 304 g/mol. The van der Waals surface area contributed by atoms with Gasteiger partial charge in [0.05, 0.1) is 14.2 Å². The van der Waals surface area contributed by atoms with Crippen molar-refractivity contribution in [3.05, 3.63) is 48.3 Å². The summed E-state index contributed by atoms with van der Waals surface area (Å²) >= 11 is 0. The molecule has 2 rings (SSSR count). The molecule has 0 amide bonds. The third kappa shape index (κ3) is 5.22. The SMILES string of the molecule is CN=C(NCCc1ccc(OC)c(OC)c1)NCCn1cccc1. The standard InChI is InChI=1S/C18H26N4O2/c1-19-18(21-10-13-22-11-4-5-12-22)20-9-8-15-6-7-16(23-2)17(14-15)24-3/h4-7,11-12,14H,8-10,13H2,1-3H3,(H2,19,20,21). The quantitative estimate of drug-likeness (QED) is 0.573. The fourth-order valence-corrected chi connectivity index (χ4v) is 2.40. The normalized spacial score (nSPS) is 11.2. The number of ether oxygens (including phenoxy) is 2. The lowest BCUT2D eigenvalue weighted by molar-refractivity contribution is 0.354. The van der Waals surface area contributed by atoms with Crippen LogP contribution in [0.25, 0.3) is 0 Å². The average molecular weight is 330 g/mol. The summed E-state index contributed by atoms with van der Waals surface area (Å²) < 4.78 is 12.7. The molecule has 0 atom stereocenters. The van der Waals surface area contributed by atoms with Gasteiger partial charge < -0.3 is 24.7 Å². The minimum absolute atomic E-state index is 0.747. The van der Waals surface area contributed by atoms with Crippen molar-refractivity contribution in [2.75, 3.05) is 34.4 Å². The highest BCUT2D eigenvalue weighted by Crippen LogP contribution is 2.27. The summed E-state index contributed by atoms with van der Waals surface area (Å²) in [6, 6.07) is 10.0. The maximum absolute atomic E-state index is 5.33. The molecule has 2 aromatic rings. The molecule has 0 aliphatic heterocycles. The Bertz CT molecular complexity index is 638. The fraction of sp³-hybridized carbons (Fsp3) is 0.389. The molecule has 1 heterocycles. The molecule has 1 aromatic carbocycles. The van der Waals surface area contributed by atoms with Crippen LogP contribution in [0.2, 0.25) is 0 Å². The first kappa shape index (κ1) is 17.7. The second-order valence-electron chi connectivity index (χ2n) is 5.29. The largest absolute Gasteiger partial charge is 0.493 e. The molecule has 0 spiro atoms. The summed E-state index contributed by atoms with van der Waals surface area (Å²) in [5.74, 6) is 2.31. The Labute approximate surface area is 143 Å². The van der Waals surface area contributed by atoms with Crippen LogP contribution in [-0.4, -0.2) is 44.9 Å². The Kier molecular flexibility index (Phi) is 7.01. The van der Waals surface area contributed by atoms with Gasteiger partial charge in [-0.3, -0.25) is 4.99 Å². The lowest BCUT2D eigenvalue weighted by Gasteiger charge is -2.13. The number of hydrogen-bond donors (Lipinski definition) is 2. The van der Waals surface area contributed by atoms with E-state index in [1.54, 1.807) is 21.3 Å². The molecule has 6 heteroatoms. The van der Waals surface area contributed by atoms with E-state index in [0.717, 1.165) is 43.5 Å². The second-order valence-corrected chi connectivity index (χ2v) is 5.29. The maximum atomic E-state index is 5.33. The van der Waals surface area contributed by atoms with Gasteiger partial charge in [0, 0.05) is 39.1 Å². The van der Waals surface area contributed by atoms with Crippen molar-refractivity contribution < 1.29 is 9.47 Å². The first-order chi connectivity index (χ1) is 11.8. The molecule has 6 nitrogen and oxygen atoms in total. The zero-order valence-electron chi connectivity index (χ0n) is 14.6. The van der Waals surface area contributed by atoms with Gasteiger partial charge in [-0.2, -0.15) is 0 Å². The number of aliphatic imine (C=N–C) groups is 1. The van der Waals surface area contributed by atoms with Gasteiger partial charge >= 0.3 is 0 Å². The van der Waals surface area contributed by atoms with E-state index >= 15 is 0 Å². The van der Waals surface area contributed by atoms with E-state index in [0.29, 0.717) is 0 Å². The minimum Gasteiger partial charge on any atom is -0.493 e. The number of methoxy groups -OCH3 is 2. The van der Waals surface area contributed by atoms with Gasteiger partial charge in [-0.25, -0.2) is 0 Å². The molecule has 130 valence electrons. The van der Waals surface area contributed by atoms with Crippen LogP contribution in [-0.2, 0) is 13.0 Å². The van der Waals surface area contributed by atoms with E-state index in [-0.39, 0.29) is 0 Å². The second kappa shape index (κ2) is 9.50. The summed E-state index contributed by atoms with van der Waals surface area (Å²) in [4.78, 5) is 4.24. The molecule has 0 saturated carbocycles. The van der Waals surface area contributed by atoms with Crippen LogP contribution in [0.3, 0.4) is 0 Å². The number of hydrogen-bond acceptors (Lipinski definition) is 3. The van der Waals surface area contributed by atoms with E-state index < -0.39 is 0 Å². The molecule has 0 bridgehead atoms. The third-order valence-corrected chi connectivity index (χ3v) is 3.71. The summed E-state index contributed by atoms with van der Waals surface area (Å²) in [6.45, 7) is 2.52. The average Bonchev–Trinajstić information content (AvgIpc) is 3.13. The van der Waals surface area contributed by atoms with Gasteiger partial charge in [0.15, 0.2) is 17.5 Å². The summed E-state index contributed by atoms with van der Waals surface area (Å²) in [6.07, 6.45) is 4.97. The smallest absolute Gasteiger partial charge is 0.191 e. The van der Waals surface area contributed by atoms with Crippen LogP contribution >= 0.6 is 0 Å². The highest BCUT2D eigenvalue weighted by atomic mass is 16.5. The van der Waals surface area contributed by atoms with Crippen molar-refractivity contribution in [1.29, 1.82) is 0 Å². The number of rotatable bonds is 8. The molecule has 0 aliphatic carbocycles. The Morgan fingerprint density at radius 2 is 1.75 bits per heavy atom. The monoisotopic (exact) mass is 330 g/mol. The van der Waals surface area contributed by atoms with E-state index in [2.05, 4.69) is 32.6 Å². The number of aromatic nitrogens is 1. The van der Waals surface area contributed by atoms with Crippen LogP contribution < -0.4 is 20.1 Å². The van der Waals surface area contributed by atoms with Crippen LogP contribution in [0, 0.1) is 0 Å². The summed E-state index contributed by atoms with van der Waals surface area (Å²) in [5, 5.41) is 6.63. The van der Waals surface area contributed by atoms with Crippen LogP contribution in [0.5, 0.6) is 11.5 Å². The number of guanidine groups is 1. The molecule has 1 aromatic heterocycles. The minimum atomic E-state index is 0.747. The first-order valence-electron chi connectivity index (χ1n) is 8.03. The van der Waals surface area contributed by atoms with Crippen LogP contribution in [0.4, 0.5) is 0 Å². The Morgan fingerprint density at radius 3 is 2.42 bits per heavy atom. The molecule has 0 fully saturated rings. The first-order valence-corrected chi connectivity index (χ1v) is 8.03. The summed E-state index contributed by atoms with van der Waals surface area (Å²) in [7, 11) is 5.07. The Balaban J connectivity index is 1.75. The van der Waals surface area contributed by atoms with Crippen molar-refractivity contribution in [1.82, 2.24) is 15.2 Å². The van der Waals surface area contributed by atoms with Crippen molar-refractivity contribution >= 4 is 5.96 Å². The number of nitrogens with one attached hydrogen (secondary N) is 2. The predicted octanol–water partition coefficient (Wildman–Crippen LogP) is 1.91. The fourth-order valence-electron chi connectivity index (χ4n) is 2.40. The molecule has 24 heavy (non-hydrogen) atoms. The number of benzene rings is 1. The van der Waals surface area contributed by atoms with E-state index in [1.165, 1.54) is 5.56 Å². The van der Waals surface area contributed by atoms with Gasteiger partial charge in [0.1, 0.15) is 0 Å². The molecule has 0 unspecified atom stereocenters. The summed E-state index contributed by atoms with van der Waals surface area (Å²) in [5.41, 5.74) is 1.18. The van der Waals surface area contributed by atoms with Gasteiger partial charge in [0.2, 0.25) is 0 Å². The van der Waals surface area contributed by atoms with Gasteiger partial charge in [-0.05, 0) is 36.2 Å². The molecule has 0 saturated heterocycles. The molecule has 0 radical (unpaired) electrons. The van der Waals surface area contributed by atoms with Crippen LogP contribution in [0.1, 0.15) is 5.56 Å². The third-order valence-electron chi connectivity index (χ3n) is 3.71. The van der Waals surface area contributed by atoms with Crippen molar-refractivity contribution in [2.24, 2.45) is 4.99 Å². The predicted molar refractivity (Wildman–Crippen MR) is 97.0 cm³/mol. The highest BCUT2D eigenvalue weighted by molar-refractivity contribution is 5.79. The van der Waals surface area contributed by atoms with E-state index in [1.807, 2.05) is 30.3 Å². The zero-order valence-corrected chi connectivity index (χ0v) is 14.6. The van der Waals surface area contributed by atoms with Crippen LogP contribution in [0.15, 0.2) is 47.7 Å². The van der Waals surface area contributed by atoms with Gasteiger partial charge in [0.25, 0.3) is 0 Å². The zero-order chi connectivity index (χ0) is 17.2. The van der Waals surface area contributed by atoms with E-state index in [4.69, 9.17) is 9.47 Å². The van der Waals surface area contributed by atoms with Crippen molar-refractivity contribution in [3.63, 3.8) is 0 Å². The van der Waals surface area contributed by atoms with Gasteiger partial charge in [-0.15, -0.1) is 0 Å². The maximum Gasteiger partial charge on any atom is 0.191 e. The van der Waals surface area contributed by atoms with Crippen molar-refractivity contribution in [2.45, 2.75) is 13.0 Å². The lowest BCUT2D eigenvalue weighted by atomic mass is 10.1. The topological polar surface area (TPSA) is 59.8 Å². The molecule has 2 N–H and O–H groups in total. The molecule has 0 aliphatic rings. The Morgan fingerprint density at radius 1 is 1.04 bits per heavy atom. The number of nitrogens with zero attached hydrogens (tertiary/aromatic N) is 2. The van der Waals surface area contributed by atoms with E-state index in [9.17, 15) is 0 Å².